The summed E-state index contributed by atoms with van der Waals surface area (Å²) in [5.74, 6) is -1.05. The third kappa shape index (κ3) is 1.66. The van der Waals surface area contributed by atoms with Crippen molar-refractivity contribution in [3.05, 3.63) is 34.9 Å². The van der Waals surface area contributed by atoms with Crippen LogP contribution in [0.1, 0.15) is 31.0 Å². The quantitative estimate of drug-likeness (QED) is 0.740. The Kier molecular flexibility index (Phi) is 2.51. The molecule has 0 bridgehead atoms. The molecule has 15 heavy (non-hydrogen) atoms. The van der Waals surface area contributed by atoms with Crippen molar-refractivity contribution in [2.24, 2.45) is 5.73 Å². The number of thioether (sulfide) groups is 1. The van der Waals surface area contributed by atoms with E-state index in [2.05, 4.69) is 0 Å². The van der Waals surface area contributed by atoms with Crippen molar-refractivity contribution in [3.8, 4) is 0 Å². The van der Waals surface area contributed by atoms with Gasteiger partial charge in [-0.05, 0) is 25.5 Å². The Morgan fingerprint density at radius 2 is 2.07 bits per heavy atom. The monoisotopic (exact) mass is 229 g/mol. The van der Waals surface area contributed by atoms with Gasteiger partial charge in [0.15, 0.2) is 11.6 Å². The first-order chi connectivity index (χ1) is 6.93. The summed E-state index contributed by atoms with van der Waals surface area (Å²) in [6.07, 6.45) is 0. The van der Waals surface area contributed by atoms with Crippen LogP contribution in [0.5, 0.6) is 0 Å². The van der Waals surface area contributed by atoms with Crippen molar-refractivity contribution in [3.63, 3.8) is 0 Å². The summed E-state index contributed by atoms with van der Waals surface area (Å²) in [6.45, 7) is 4.04. The second-order valence-electron chi connectivity index (χ2n) is 4.30. The fraction of sp³-hybridized carbons (Fsp3) is 0.455. The minimum absolute atomic E-state index is 0.128. The summed E-state index contributed by atoms with van der Waals surface area (Å²) in [6, 6.07) is 2.50. The first-order valence-corrected chi connectivity index (χ1v) is 5.78. The van der Waals surface area contributed by atoms with Gasteiger partial charge in [-0.1, -0.05) is 6.07 Å². The van der Waals surface area contributed by atoms with Crippen molar-refractivity contribution < 1.29 is 8.78 Å². The SMILES string of the molecule is CC1(C)SCc2c(ccc(F)c2F)C1N. The highest BCUT2D eigenvalue weighted by Crippen LogP contribution is 2.45. The Labute approximate surface area is 92.0 Å². The molecule has 1 aliphatic heterocycles. The molecule has 2 rings (SSSR count). The van der Waals surface area contributed by atoms with Crippen molar-refractivity contribution in [2.45, 2.75) is 30.4 Å². The number of nitrogens with two attached hydrogens (primary N) is 1. The Balaban J connectivity index is 2.55. The lowest BCUT2D eigenvalue weighted by Crippen LogP contribution is -2.36. The van der Waals surface area contributed by atoms with Crippen LogP contribution in [-0.2, 0) is 5.75 Å². The second-order valence-corrected chi connectivity index (χ2v) is 5.93. The lowest BCUT2D eigenvalue weighted by Gasteiger charge is -2.37. The highest BCUT2D eigenvalue weighted by atomic mass is 32.2. The van der Waals surface area contributed by atoms with E-state index in [1.54, 1.807) is 17.8 Å². The summed E-state index contributed by atoms with van der Waals surface area (Å²) in [5, 5.41) is 0. The van der Waals surface area contributed by atoms with Gasteiger partial charge >= 0.3 is 0 Å². The summed E-state index contributed by atoms with van der Waals surface area (Å²) in [7, 11) is 0. The van der Waals surface area contributed by atoms with Gasteiger partial charge in [-0.2, -0.15) is 0 Å². The van der Waals surface area contributed by atoms with Crippen molar-refractivity contribution in [2.75, 3.05) is 0 Å². The first-order valence-electron chi connectivity index (χ1n) is 4.80. The van der Waals surface area contributed by atoms with Crippen LogP contribution in [0.25, 0.3) is 0 Å². The van der Waals surface area contributed by atoms with E-state index in [0.29, 0.717) is 11.3 Å². The Bertz CT molecular complexity index is 404. The molecule has 1 heterocycles. The molecular weight excluding hydrogens is 216 g/mol. The molecule has 0 aliphatic carbocycles. The van der Waals surface area contributed by atoms with Gasteiger partial charge in [-0.3, -0.25) is 0 Å². The molecule has 0 spiro atoms. The van der Waals surface area contributed by atoms with Crippen LogP contribution in [-0.4, -0.2) is 4.75 Å². The van der Waals surface area contributed by atoms with E-state index in [1.165, 1.54) is 0 Å². The van der Waals surface area contributed by atoms with Gasteiger partial charge in [-0.25, -0.2) is 8.78 Å². The Morgan fingerprint density at radius 1 is 1.40 bits per heavy atom. The van der Waals surface area contributed by atoms with Crippen LogP contribution in [0.4, 0.5) is 8.78 Å². The predicted octanol–water partition coefficient (Wildman–Crippen LogP) is 2.99. The maximum Gasteiger partial charge on any atom is 0.163 e. The van der Waals surface area contributed by atoms with Gasteiger partial charge in [-0.15, -0.1) is 11.8 Å². The van der Waals surface area contributed by atoms with Crippen LogP contribution in [0.3, 0.4) is 0 Å². The van der Waals surface area contributed by atoms with E-state index in [4.69, 9.17) is 5.73 Å². The first kappa shape index (κ1) is 10.9. The molecule has 1 aromatic rings. The molecule has 1 aliphatic rings. The molecule has 0 radical (unpaired) electrons. The molecule has 1 nitrogen and oxygen atoms in total. The van der Waals surface area contributed by atoms with Crippen molar-refractivity contribution in [1.82, 2.24) is 0 Å². The Hall–Kier alpha value is -0.610. The number of hydrogen-bond donors (Lipinski definition) is 1. The summed E-state index contributed by atoms with van der Waals surface area (Å²) in [4.78, 5) is 0. The number of fused-ring (bicyclic) bond motifs is 1. The molecular formula is C11H13F2NS. The highest BCUT2D eigenvalue weighted by molar-refractivity contribution is 7.99. The lowest BCUT2D eigenvalue weighted by molar-refractivity contribution is 0.486. The third-order valence-electron chi connectivity index (χ3n) is 2.90. The zero-order chi connectivity index (χ0) is 11.2. The van der Waals surface area contributed by atoms with Crippen LogP contribution >= 0.6 is 11.8 Å². The zero-order valence-electron chi connectivity index (χ0n) is 8.68. The van der Waals surface area contributed by atoms with Crippen molar-refractivity contribution >= 4 is 11.8 Å². The normalized spacial score (nSPS) is 23.7. The molecule has 1 atom stereocenters. The maximum absolute atomic E-state index is 13.5. The van der Waals surface area contributed by atoms with Gasteiger partial charge in [0.05, 0.1) is 0 Å². The van der Waals surface area contributed by atoms with E-state index < -0.39 is 11.6 Å². The number of halogens is 2. The molecule has 0 amide bonds. The largest absolute Gasteiger partial charge is 0.323 e. The van der Waals surface area contributed by atoms with E-state index >= 15 is 0 Å². The molecule has 0 aromatic heterocycles. The van der Waals surface area contributed by atoms with Crippen LogP contribution < -0.4 is 5.73 Å². The minimum atomic E-state index is -0.791. The van der Waals surface area contributed by atoms with E-state index in [-0.39, 0.29) is 10.8 Å². The van der Waals surface area contributed by atoms with E-state index in [1.807, 2.05) is 13.8 Å². The molecule has 4 heteroatoms. The molecule has 0 saturated heterocycles. The van der Waals surface area contributed by atoms with E-state index in [9.17, 15) is 8.78 Å². The minimum Gasteiger partial charge on any atom is -0.323 e. The van der Waals surface area contributed by atoms with Gasteiger partial charge in [0.2, 0.25) is 0 Å². The highest BCUT2D eigenvalue weighted by Gasteiger charge is 2.35. The predicted molar refractivity (Wildman–Crippen MR) is 58.7 cm³/mol. The van der Waals surface area contributed by atoms with Crippen LogP contribution in [0.15, 0.2) is 12.1 Å². The van der Waals surface area contributed by atoms with E-state index in [0.717, 1.165) is 11.6 Å². The topological polar surface area (TPSA) is 26.0 Å². The van der Waals surface area contributed by atoms with Crippen LogP contribution in [0.2, 0.25) is 0 Å². The molecule has 1 unspecified atom stereocenters. The standard InChI is InChI=1S/C11H13F2NS/c1-11(2)10(14)6-3-4-8(12)9(13)7(6)5-15-11/h3-4,10H,5,14H2,1-2H3. The average Bonchev–Trinajstić information content (AvgIpc) is 2.17. The molecule has 82 valence electrons. The molecule has 0 fully saturated rings. The average molecular weight is 229 g/mol. The molecule has 1 aromatic carbocycles. The smallest absolute Gasteiger partial charge is 0.163 e. The molecule has 2 N–H and O–H groups in total. The summed E-state index contributed by atoms with van der Waals surface area (Å²) >= 11 is 1.56. The second kappa shape index (κ2) is 3.46. The van der Waals surface area contributed by atoms with Gasteiger partial charge in [0.1, 0.15) is 0 Å². The van der Waals surface area contributed by atoms with Gasteiger partial charge < -0.3 is 5.73 Å². The van der Waals surface area contributed by atoms with Gasteiger partial charge in [0, 0.05) is 22.1 Å². The summed E-state index contributed by atoms with van der Waals surface area (Å²) < 4.78 is 26.3. The zero-order valence-corrected chi connectivity index (χ0v) is 9.50. The number of rotatable bonds is 0. The number of hydrogen-bond acceptors (Lipinski definition) is 2. The van der Waals surface area contributed by atoms with Crippen molar-refractivity contribution in [1.29, 1.82) is 0 Å². The van der Waals surface area contributed by atoms with Gasteiger partial charge in [0.25, 0.3) is 0 Å². The third-order valence-corrected chi connectivity index (χ3v) is 4.34. The fourth-order valence-electron chi connectivity index (χ4n) is 1.77. The summed E-state index contributed by atoms with van der Waals surface area (Å²) in [5.41, 5.74) is 7.19. The fourth-order valence-corrected chi connectivity index (χ4v) is 2.88. The number of benzene rings is 1. The maximum atomic E-state index is 13.5. The van der Waals surface area contributed by atoms with Crippen LogP contribution in [0, 0.1) is 11.6 Å². The molecule has 0 saturated carbocycles. The lowest BCUT2D eigenvalue weighted by atomic mass is 9.91. The Morgan fingerprint density at radius 3 is 2.73 bits per heavy atom.